The van der Waals surface area contributed by atoms with Crippen molar-refractivity contribution in [3.8, 4) is 11.3 Å². The Kier molecular flexibility index (Phi) is 8.05. The van der Waals surface area contributed by atoms with E-state index in [9.17, 15) is 14.9 Å². The molecule has 1 amide bonds. The second kappa shape index (κ2) is 12.0. The van der Waals surface area contributed by atoms with Crippen molar-refractivity contribution in [3.63, 3.8) is 0 Å². The minimum atomic E-state index is -0.450. The summed E-state index contributed by atoms with van der Waals surface area (Å²) in [6.07, 6.45) is 2.90. The van der Waals surface area contributed by atoms with Gasteiger partial charge in [-0.1, -0.05) is 41.9 Å². The summed E-state index contributed by atoms with van der Waals surface area (Å²) in [5.74, 6) is 0.476. The smallest absolute Gasteiger partial charge is 0.280 e. The lowest BCUT2D eigenvalue weighted by Crippen LogP contribution is -2.46. The lowest BCUT2D eigenvalue weighted by Gasteiger charge is -2.36. The van der Waals surface area contributed by atoms with Gasteiger partial charge in [-0.05, 0) is 60.2 Å². The molecule has 9 heteroatoms. The van der Waals surface area contributed by atoms with E-state index in [0.717, 1.165) is 49.0 Å². The molecule has 1 N–H and O–H groups in total. The molecule has 1 fully saturated rings. The normalized spacial score (nSPS) is 14.0. The standard InChI is InChI=1S/C30H27ClN4O4/c31-27-7-3-1-5-22(27)21-33-17-19-34(20-18-33)24-11-9-23(10-12-24)32-30(36)16-14-25-13-15-29(39-25)26-6-2-4-8-28(26)35(37)38/h1-16H,17-21H2,(H,32,36)/b16-14+. The van der Waals surface area contributed by atoms with Crippen LogP contribution in [0.4, 0.5) is 17.1 Å². The molecule has 2 heterocycles. The van der Waals surface area contributed by atoms with E-state index in [1.807, 2.05) is 42.5 Å². The van der Waals surface area contributed by atoms with Gasteiger partial charge >= 0.3 is 0 Å². The van der Waals surface area contributed by atoms with Gasteiger partial charge in [0.05, 0.1) is 10.5 Å². The summed E-state index contributed by atoms with van der Waals surface area (Å²) in [6.45, 7) is 4.56. The summed E-state index contributed by atoms with van der Waals surface area (Å²) < 4.78 is 5.70. The van der Waals surface area contributed by atoms with Crippen LogP contribution in [0.3, 0.4) is 0 Å². The van der Waals surface area contributed by atoms with Crippen LogP contribution in [0.15, 0.2) is 95.4 Å². The quantitative estimate of drug-likeness (QED) is 0.156. The van der Waals surface area contributed by atoms with E-state index in [0.29, 0.717) is 22.8 Å². The molecule has 3 aromatic carbocycles. The summed E-state index contributed by atoms with van der Waals surface area (Å²) in [7, 11) is 0. The first kappa shape index (κ1) is 26.2. The Labute approximate surface area is 231 Å². The number of rotatable bonds is 8. The largest absolute Gasteiger partial charge is 0.456 e. The van der Waals surface area contributed by atoms with Gasteiger partial charge in [-0.25, -0.2) is 0 Å². The molecule has 0 spiro atoms. The zero-order chi connectivity index (χ0) is 27.2. The second-order valence-corrected chi connectivity index (χ2v) is 9.61. The summed E-state index contributed by atoms with van der Waals surface area (Å²) in [4.78, 5) is 28.0. The molecule has 8 nitrogen and oxygen atoms in total. The molecule has 1 aliphatic heterocycles. The summed E-state index contributed by atoms with van der Waals surface area (Å²) >= 11 is 6.31. The van der Waals surface area contributed by atoms with Crippen molar-refractivity contribution in [2.75, 3.05) is 36.4 Å². The van der Waals surface area contributed by atoms with Crippen molar-refractivity contribution in [2.45, 2.75) is 6.54 Å². The van der Waals surface area contributed by atoms with E-state index in [1.165, 1.54) is 18.2 Å². The van der Waals surface area contributed by atoms with Crippen LogP contribution >= 0.6 is 11.6 Å². The van der Waals surface area contributed by atoms with Crippen LogP contribution in [-0.2, 0) is 11.3 Å². The van der Waals surface area contributed by atoms with E-state index < -0.39 is 4.92 Å². The molecule has 1 aliphatic rings. The number of piperazine rings is 1. The van der Waals surface area contributed by atoms with Gasteiger partial charge in [0.1, 0.15) is 11.5 Å². The zero-order valence-corrected chi connectivity index (χ0v) is 21.9. The predicted molar refractivity (Wildman–Crippen MR) is 154 cm³/mol. The Morgan fingerprint density at radius 2 is 1.67 bits per heavy atom. The first-order chi connectivity index (χ1) is 19.0. The number of benzene rings is 3. The molecule has 0 saturated carbocycles. The monoisotopic (exact) mass is 542 g/mol. The van der Waals surface area contributed by atoms with Crippen LogP contribution in [0.1, 0.15) is 11.3 Å². The van der Waals surface area contributed by atoms with Gasteiger partial charge in [0.25, 0.3) is 5.69 Å². The molecule has 0 radical (unpaired) electrons. The van der Waals surface area contributed by atoms with Gasteiger partial charge in [0, 0.05) is 61.3 Å². The molecule has 1 aromatic heterocycles. The lowest BCUT2D eigenvalue weighted by atomic mass is 10.1. The molecular weight excluding hydrogens is 516 g/mol. The first-order valence-corrected chi connectivity index (χ1v) is 13.0. The highest BCUT2D eigenvalue weighted by Gasteiger charge is 2.19. The van der Waals surface area contributed by atoms with Crippen LogP contribution in [0.2, 0.25) is 5.02 Å². The van der Waals surface area contributed by atoms with Gasteiger partial charge in [-0.3, -0.25) is 19.8 Å². The van der Waals surface area contributed by atoms with Crippen molar-refractivity contribution < 1.29 is 14.1 Å². The maximum atomic E-state index is 12.4. The maximum Gasteiger partial charge on any atom is 0.280 e. The number of nitro benzene ring substituents is 1. The van der Waals surface area contributed by atoms with E-state index in [-0.39, 0.29) is 11.6 Å². The number of anilines is 2. The van der Waals surface area contributed by atoms with Crippen molar-refractivity contribution in [2.24, 2.45) is 0 Å². The number of amides is 1. The fourth-order valence-corrected chi connectivity index (χ4v) is 4.75. The average molecular weight is 543 g/mol. The van der Waals surface area contributed by atoms with Crippen molar-refractivity contribution in [3.05, 3.63) is 117 Å². The van der Waals surface area contributed by atoms with E-state index in [2.05, 4.69) is 21.2 Å². The number of para-hydroxylation sites is 1. The predicted octanol–water partition coefficient (Wildman–Crippen LogP) is 6.48. The van der Waals surface area contributed by atoms with Crippen LogP contribution in [-0.4, -0.2) is 41.9 Å². The number of halogens is 1. The third-order valence-corrected chi connectivity index (χ3v) is 6.98. The maximum absolute atomic E-state index is 12.4. The number of nitrogens with one attached hydrogen (secondary N) is 1. The van der Waals surface area contributed by atoms with Gasteiger partial charge in [0.2, 0.25) is 5.91 Å². The molecule has 5 rings (SSSR count). The molecule has 0 unspecified atom stereocenters. The molecule has 4 aromatic rings. The van der Waals surface area contributed by atoms with Crippen LogP contribution in [0.5, 0.6) is 0 Å². The van der Waals surface area contributed by atoms with Crippen molar-refractivity contribution in [1.29, 1.82) is 0 Å². The van der Waals surface area contributed by atoms with Gasteiger partial charge in [-0.15, -0.1) is 0 Å². The minimum absolute atomic E-state index is 0.0393. The third-order valence-electron chi connectivity index (χ3n) is 6.62. The van der Waals surface area contributed by atoms with E-state index in [1.54, 1.807) is 30.3 Å². The first-order valence-electron chi connectivity index (χ1n) is 12.6. The highest BCUT2D eigenvalue weighted by atomic mass is 35.5. The lowest BCUT2D eigenvalue weighted by molar-refractivity contribution is -0.384. The molecule has 0 aliphatic carbocycles. The fourth-order valence-electron chi connectivity index (χ4n) is 4.56. The highest BCUT2D eigenvalue weighted by Crippen LogP contribution is 2.31. The van der Waals surface area contributed by atoms with Gasteiger partial charge in [-0.2, -0.15) is 0 Å². The average Bonchev–Trinajstić information content (AvgIpc) is 3.43. The zero-order valence-electron chi connectivity index (χ0n) is 21.1. The molecule has 0 bridgehead atoms. The Balaban J connectivity index is 1.13. The topological polar surface area (TPSA) is 91.9 Å². The highest BCUT2D eigenvalue weighted by molar-refractivity contribution is 6.31. The molecule has 1 saturated heterocycles. The third kappa shape index (κ3) is 6.54. The SMILES string of the molecule is O=C(/C=C/c1ccc(-c2ccccc2[N+](=O)[O-])o1)Nc1ccc(N2CCN(Cc3ccccc3Cl)CC2)cc1. The molecular formula is C30H27ClN4O4. The number of nitro groups is 1. The molecule has 39 heavy (non-hydrogen) atoms. The second-order valence-electron chi connectivity index (χ2n) is 9.20. The Bertz CT molecular complexity index is 1490. The van der Waals surface area contributed by atoms with E-state index >= 15 is 0 Å². The van der Waals surface area contributed by atoms with Crippen LogP contribution in [0, 0.1) is 10.1 Å². The minimum Gasteiger partial charge on any atom is -0.456 e. The number of hydrogen-bond donors (Lipinski definition) is 1. The Hall–Kier alpha value is -4.40. The number of nitrogens with zero attached hydrogens (tertiary/aromatic N) is 3. The Morgan fingerprint density at radius 1 is 0.949 bits per heavy atom. The number of carbonyl (C=O) groups is 1. The Morgan fingerprint density at radius 3 is 2.41 bits per heavy atom. The summed E-state index contributed by atoms with van der Waals surface area (Å²) in [6, 6.07) is 25.4. The fraction of sp³-hybridized carbons (Fsp3) is 0.167. The van der Waals surface area contributed by atoms with Crippen LogP contribution in [0.25, 0.3) is 17.4 Å². The molecule has 198 valence electrons. The summed E-state index contributed by atoms with van der Waals surface area (Å²) in [5.41, 5.74) is 3.29. The number of carbonyl (C=O) groups excluding carboxylic acids is 1. The van der Waals surface area contributed by atoms with Gasteiger partial charge < -0.3 is 14.6 Å². The number of hydrogen-bond acceptors (Lipinski definition) is 6. The molecule has 0 atom stereocenters. The van der Waals surface area contributed by atoms with E-state index in [4.69, 9.17) is 16.0 Å². The van der Waals surface area contributed by atoms with Gasteiger partial charge in [0.15, 0.2) is 0 Å². The van der Waals surface area contributed by atoms with Crippen molar-refractivity contribution in [1.82, 2.24) is 4.90 Å². The summed E-state index contributed by atoms with van der Waals surface area (Å²) in [5, 5.41) is 14.9. The van der Waals surface area contributed by atoms with Crippen molar-refractivity contribution >= 4 is 40.6 Å². The van der Waals surface area contributed by atoms with Crippen LogP contribution < -0.4 is 10.2 Å². The number of furan rings is 1.